The molecule has 1 saturated carbocycles. The highest BCUT2D eigenvalue weighted by molar-refractivity contribution is 7.99. The predicted molar refractivity (Wildman–Crippen MR) is 77.7 cm³/mol. The predicted octanol–water partition coefficient (Wildman–Crippen LogP) is 4.63. The molecule has 1 aliphatic rings. The number of halogens is 3. The molecular weight excluding hydrogens is 283 g/mol. The number of alkyl halides is 3. The maximum absolute atomic E-state index is 12.9. The summed E-state index contributed by atoms with van der Waals surface area (Å²) < 4.78 is 38.7. The highest BCUT2D eigenvalue weighted by Gasteiger charge is 2.34. The fourth-order valence-electron chi connectivity index (χ4n) is 2.71. The van der Waals surface area contributed by atoms with Gasteiger partial charge in [0.15, 0.2) is 0 Å². The fourth-order valence-corrected chi connectivity index (χ4v) is 3.94. The summed E-state index contributed by atoms with van der Waals surface area (Å²) in [5.41, 5.74) is 5.56. The first-order valence-electron chi connectivity index (χ1n) is 6.98. The van der Waals surface area contributed by atoms with E-state index in [0.29, 0.717) is 5.75 Å². The van der Waals surface area contributed by atoms with Crippen LogP contribution in [0, 0.1) is 5.92 Å². The molecule has 0 saturated heterocycles. The van der Waals surface area contributed by atoms with Crippen LogP contribution in [0.25, 0.3) is 0 Å². The zero-order valence-electron chi connectivity index (χ0n) is 11.3. The molecule has 1 unspecified atom stereocenters. The summed E-state index contributed by atoms with van der Waals surface area (Å²) in [5, 5.41) is 0. The molecule has 2 N–H and O–H groups in total. The van der Waals surface area contributed by atoms with Gasteiger partial charge < -0.3 is 5.73 Å². The molecule has 2 rings (SSSR count). The van der Waals surface area contributed by atoms with Crippen LogP contribution >= 0.6 is 11.8 Å². The molecule has 1 fully saturated rings. The Labute approximate surface area is 122 Å². The average Bonchev–Trinajstić information content (AvgIpc) is 2.91. The molecule has 0 aromatic heterocycles. The van der Waals surface area contributed by atoms with Crippen LogP contribution in [-0.2, 0) is 6.18 Å². The Morgan fingerprint density at radius 3 is 2.50 bits per heavy atom. The van der Waals surface area contributed by atoms with Gasteiger partial charge in [-0.3, -0.25) is 0 Å². The smallest absolute Gasteiger partial charge is 0.323 e. The van der Waals surface area contributed by atoms with Crippen LogP contribution in [0.15, 0.2) is 24.3 Å². The first-order chi connectivity index (χ1) is 9.48. The molecule has 5 heteroatoms. The molecule has 0 spiro atoms. The monoisotopic (exact) mass is 303 g/mol. The van der Waals surface area contributed by atoms with Crippen molar-refractivity contribution in [1.29, 1.82) is 0 Å². The van der Waals surface area contributed by atoms with E-state index in [1.807, 2.05) is 0 Å². The van der Waals surface area contributed by atoms with Crippen LogP contribution in [0.3, 0.4) is 0 Å². The van der Waals surface area contributed by atoms with E-state index in [4.69, 9.17) is 5.73 Å². The van der Waals surface area contributed by atoms with E-state index >= 15 is 0 Å². The second kappa shape index (κ2) is 6.85. The summed E-state index contributed by atoms with van der Waals surface area (Å²) in [5.74, 6) is 2.29. The minimum absolute atomic E-state index is 0.207. The van der Waals surface area contributed by atoms with Crippen molar-refractivity contribution in [3.8, 4) is 0 Å². The van der Waals surface area contributed by atoms with E-state index in [-0.39, 0.29) is 5.56 Å². The van der Waals surface area contributed by atoms with Gasteiger partial charge in [-0.05, 0) is 36.1 Å². The summed E-state index contributed by atoms with van der Waals surface area (Å²) >= 11 is 1.68. The Kier molecular flexibility index (Phi) is 5.38. The van der Waals surface area contributed by atoms with Crippen molar-refractivity contribution in [2.75, 3.05) is 11.5 Å². The summed E-state index contributed by atoms with van der Waals surface area (Å²) in [6.45, 7) is 0. The minimum atomic E-state index is -4.33. The van der Waals surface area contributed by atoms with Gasteiger partial charge in [-0.15, -0.1) is 0 Å². The lowest BCUT2D eigenvalue weighted by Gasteiger charge is -2.18. The highest BCUT2D eigenvalue weighted by Crippen LogP contribution is 2.35. The SMILES string of the molecule is NC(CSCC1CCCC1)c1ccccc1C(F)(F)F. The van der Waals surface area contributed by atoms with Gasteiger partial charge in [-0.1, -0.05) is 31.0 Å². The van der Waals surface area contributed by atoms with E-state index in [0.717, 1.165) is 17.7 Å². The van der Waals surface area contributed by atoms with Crippen molar-refractivity contribution in [1.82, 2.24) is 0 Å². The number of rotatable bonds is 5. The molecule has 1 aromatic rings. The van der Waals surface area contributed by atoms with Gasteiger partial charge in [0.25, 0.3) is 0 Å². The van der Waals surface area contributed by atoms with E-state index in [1.165, 1.54) is 37.8 Å². The second-order valence-corrected chi connectivity index (χ2v) is 6.45. The quantitative estimate of drug-likeness (QED) is 0.858. The van der Waals surface area contributed by atoms with Gasteiger partial charge in [0.2, 0.25) is 0 Å². The molecule has 0 radical (unpaired) electrons. The van der Waals surface area contributed by atoms with Crippen molar-refractivity contribution in [3.05, 3.63) is 35.4 Å². The Balaban J connectivity index is 1.93. The first-order valence-corrected chi connectivity index (χ1v) is 8.13. The van der Waals surface area contributed by atoms with Crippen molar-refractivity contribution in [2.24, 2.45) is 11.7 Å². The van der Waals surface area contributed by atoms with Crippen molar-refractivity contribution in [3.63, 3.8) is 0 Å². The minimum Gasteiger partial charge on any atom is -0.323 e. The third kappa shape index (κ3) is 4.16. The van der Waals surface area contributed by atoms with Gasteiger partial charge in [0.05, 0.1) is 5.56 Å². The number of benzene rings is 1. The Morgan fingerprint density at radius 2 is 1.85 bits per heavy atom. The standard InChI is InChI=1S/C15H20F3NS/c16-15(17,18)13-8-4-3-7-12(13)14(19)10-20-9-11-5-1-2-6-11/h3-4,7-8,11,14H,1-2,5-6,9-10,19H2. The van der Waals surface area contributed by atoms with E-state index in [1.54, 1.807) is 17.8 Å². The number of nitrogens with two attached hydrogens (primary N) is 1. The number of thioether (sulfide) groups is 1. The molecule has 1 nitrogen and oxygen atoms in total. The largest absolute Gasteiger partial charge is 0.416 e. The molecule has 20 heavy (non-hydrogen) atoms. The second-order valence-electron chi connectivity index (χ2n) is 5.38. The lowest BCUT2D eigenvalue weighted by molar-refractivity contribution is -0.138. The van der Waals surface area contributed by atoms with Crippen LogP contribution in [0.1, 0.15) is 42.9 Å². The van der Waals surface area contributed by atoms with Gasteiger partial charge in [0.1, 0.15) is 0 Å². The lowest BCUT2D eigenvalue weighted by atomic mass is 10.0. The molecule has 0 heterocycles. The Bertz CT molecular complexity index is 427. The van der Waals surface area contributed by atoms with Crippen LogP contribution < -0.4 is 5.73 Å². The third-order valence-electron chi connectivity index (χ3n) is 3.79. The van der Waals surface area contributed by atoms with Crippen LogP contribution in [-0.4, -0.2) is 11.5 Å². The molecule has 0 aliphatic heterocycles. The molecule has 112 valence electrons. The molecule has 0 amide bonds. The maximum Gasteiger partial charge on any atom is 0.416 e. The van der Waals surface area contributed by atoms with E-state index < -0.39 is 17.8 Å². The van der Waals surface area contributed by atoms with Crippen molar-refractivity contribution < 1.29 is 13.2 Å². The molecule has 1 aromatic carbocycles. The first kappa shape index (κ1) is 15.7. The molecule has 0 bridgehead atoms. The average molecular weight is 303 g/mol. The number of hydrogen-bond donors (Lipinski definition) is 1. The summed E-state index contributed by atoms with van der Waals surface area (Å²) in [4.78, 5) is 0. The highest BCUT2D eigenvalue weighted by atomic mass is 32.2. The van der Waals surface area contributed by atoms with Crippen LogP contribution in [0.2, 0.25) is 0 Å². The Morgan fingerprint density at radius 1 is 1.20 bits per heavy atom. The van der Waals surface area contributed by atoms with E-state index in [9.17, 15) is 13.2 Å². The molecular formula is C15H20F3NS. The van der Waals surface area contributed by atoms with Crippen molar-refractivity contribution >= 4 is 11.8 Å². The van der Waals surface area contributed by atoms with E-state index in [2.05, 4.69) is 0 Å². The van der Waals surface area contributed by atoms with Crippen LogP contribution in [0.5, 0.6) is 0 Å². The van der Waals surface area contributed by atoms with Crippen molar-refractivity contribution in [2.45, 2.75) is 37.9 Å². The van der Waals surface area contributed by atoms with Gasteiger partial charge in [-0.2, -0.15) is 24.9 Å². The summed E-state index contributed by atoms with van der Waals surface area (Å²) in [6, 6.07) is 5.07. The molecule has 1 aliphatic carbocycles. The lowest BCUT2D eigenvalue weighted by Crippen LogP contribution is -2.19. The van der Waals surface area contributed by atoms with Gasteiger partial charge in [-0.25, -0.2) is 0 Å². The van der Waals surface area contributed by atoms with Crippen LogP contribution in [0.4, 0.5) is 13.2 Å². The maximum atomic E-state index is 12.9. The zero-order valence-corrected chi connectivity index (χ0v) is 12.1. The normalized spacial score (nSPS) is 18.4. The summed E-state index contributed by atoms with van der Waals surface area (Å²) in [7, 11) is 0. The van der Waals surface area contributed by atoms with Gasteiger partial charge in [0, 0.05) is 11.8 Å². The van der Waals surface area contributed by atoms with Gasteiger partial charge >= 0.3 is 6.18 Å². The fraction of sp³-hybridized carbons (Fsp3) is 0.600. The Hall–Kier alpha value is -0.680. The third-order valence-corrected chi connectivity index (χ3v) is 5.09. The molecule has 1 atom stereocenters. The number of hydrogen-bond acceptors (Lipinski definition) is 2. The summed E-state index contributed by atoms with van der Waals surface area (Å²) in [6.07, 6.45) is 0.745. The topological polar surface area (TPSA) is 26.0 Å². The zero-order chi connectivity index (χ0) is 14.6.